The molecule has 19 heteroatoms. The maximum absolute atomic E-state index is 13.0. The second kappa shape index (κ2) is 10.2. The molecule has 0 aromatic carbocycles. The number of carbonyl (C=O) groups is 2. The third kappa shape index (κ3) is 5.40. The van der Waals surface area contributed by atoms with E-state index < -0.39 is 34.5 Å². The average molecular weight is 591 g/mol. The van der Waals surface area contributed by atoms with Crippen molar-refractivity contribution in [1.29, 1.82) is 0 Å². The van der Waals surface area contributed by atoms with Crippen LogP contribution in [0, 0.1) is 0 Å². The van der Waals surface area contributed by atoms with Gasteiger partial charge >= 0.3 is 22.5 Å². The lowest BCUT2D eigenvalue weighted by Crippen LogP contribution is -2.40. The number of carbonyl (C=O) groups excluding carboxylic acids is 2. The topological polar surface area (TPSA) is 168 Å². The van der Waals surface area contributed by atoms with E-state index in [0.717, 1.165) is 21.5 Å². The molecule has 2 atom stereocenters. The molecule has 18 nitrogen and oxygen atoms in total. The van der Waals surface area contributed by atoms with Crippen LogP contribution in [0.2, 0.25) is 0 Å². The Kier molecular flexibility index (Phi) is 6.77. The highest BCUT2D eigenvalue weighted by Gasteiger charge is 2.47. The maximum atomic E-state index is 13.0. The Bertz CT molecular complexity index is 1420. The van der Waals surface area contributed by atoms with Crippen LogP contribution < -0.4 is 0 Å². The highest BCUT2D eigenvalue weighted by molar-refractivity contribution is 7.81. The van der Waals surface area contributed by atoms with Crippen LogP contribution in [0.1, 0.15) is 11.4 Å². The second-order valence-electron chi connectivity index (χ2n) is 10.8. The van der Waals surface area contributed by atoms with Gasteiger partial charge in [-0.05, 0) is 40.3 Å². The first kappa shape index (κ1) is 27.3. The Balaban J connectivity index is 1.15. The Morgan fingerprint density at radius 1 is 0.780 bits per heavy atom. The van der Waals surface area contributed by atoms with E-state index in [-0.39, 0.29) is 26.2 Å². The van der Waals surface area contributed by atoms with E-state index in [2.05, 4.69) is 20.6 Å². The summed E-state index contributed by atoms with van der Waals surface area (Å²) in [6.07, 6.45) is 6.90. The van der Waals surface area contributed by atoms with E-state index in [4.69, 9.17) is 8.57 Å². The van der Waals surface area contributed by atoms with Gasteiger partial charge < -0.3 is 19.6 Å². The number of hydrogen-bond donors (Lipinski definition) is 0. The molecule has 0 spiro atoms. The van der Waals surface area contributed by atoms with Crippen molar-refractivity contribution in [1.82, 2.24) is 59.7 Å². The third-order valence-electron chi connectivity index (χ3n) is 6.78. The number of rotatable bonds is 10. The van der Waals surface area contributed by atoms with Gasteiger partial charge in [0.15, 0.2) is 0 Å². The van der Waals surface area contributed by atoms with Crippen LogP contribution in [0.25, 0.3) is 11.4 Å². The fourth-order valence-electron chi connectivity index (χ4n) is 5.12. The predicted molar refractivity (Wildman–Crippen MR) is 140 cm³/mol. The summed E-state index contributed by atoms with van der Waals surface area (Å²) in [6, 6.07) is -2.75. The number of nitrogens with zero attached hydrogens (tertiary/aromatic N) is 12. The third-order valence-corrected chi connectivity index (χ3v) is 7.47. The molecule has 4 bridgehead atoms. The van der Waals surface area contributed by atoms with E-state index in [1.54, 1.807) is 33.9 Å². The maximum Gasteiger partial charge on any atom is 0.442 e. The zero-order valence-electron chi connectivity index (χ0n) is 22.9. The lowest BCUT2D eigenvalue weighted by molar-refractivity contribution is -0.0723. The summed E-state index contributed by atoms with van der Waals surface area (Å²) in [5, 5.41) is 18.0. The molecule has 41 heavy (non-hydrogen) atoms. The molecule has 2 saturated heterocycles. The first-order valence-corrected chi connectivity index (χ1v) is 14.1. The standard InChI is InChI=1S/C22H30N12O6S/c1-27(2)7-15-9-31(25-23-15)17-5-19-13-29(11-17)21(35)33(19)39-41(37,38)40-34-20-6-18(12-30(14-20)22(34)36)32-10-16(24-26-32)8-28(3)4/h5-6,9-10,19-20H,7-8,11-14H2,1-4H3. The molecule has 4 amide bonds. The minimum Gasteiger partial charge on any atom is -0.314 e. The van der Waals surface area contributed by atoms with Crippen molar-refractivity contribution in [3.05, 3.63) is 35.9 Å². The van der Waals surface area contributed by atoms with Crippen molar-refractivity contribution in [3.8, 4) is 0 Å². The van der Waals surface area contributed by atoms with Crippen molar-refractivity contribution >= 4 is 33.9 Å². The van der Waals surface area contributed by atoms with Gasteiger partial charge in [0.05, 0.1) is 48.3 Å². The van der Waals surface area contributed by atoms with Crippen LogP contribution in [0.15, 0.2) is 24.5 Å². The van der Waals surface area contributed by atoms with E-state index in [1.807, 2.05) is 38.0 Å². The molecule has 2 aromatic heterocycles. The van der Waals surface area contributed by atoms with Crippen LogP contribution in [-0.4, -0.2) is 147 Å². The normalized spacial score (nSPS) is 22.5. The number of aromatic nitrogens is 6. The van der Waals surface area contributed by atoms with Gasteiger partial charge in [0.1, 0.15) is 12.1 Å². The summed E-state index contributed by atoms with van der Waals surface area (Å²) in [7, 11) is 2.79. The lowest BCUT2D eigenvalue weighted by Gasteiger charge is -2.22. The highest BCUT2D eigenvalue weighted by atomic mass is 32.3. The van der Waals surface area contributed by atoms with Gasteiger partial charge in [0, 0.05) is 26.2 Å². The van der Waals surface area contributed by atoms with Gasteiger partial charge in [-0.3, -0.25) is 0 Å². The molecule has 4 aliphatic heterocycles. The van der Waals surface area contributed by atoms with E-state index in [9.17, 15) is 18.0 Å². The minimum absolute atomic E-state index is 0.189. The second-order valence-corrected chi connectivity index (χ2v) is 11.9. The summed E-state index contributed by atoms with van der Waals surface area (Å²) >= 11 is 0. The number of hydroxylamine groups is 4. The predicted octanol–water partition coefficient (Wildman–Crippen LogP) is -1.28. The monoisotopic (exact) mass is 590 g/mol. The molecule has 4 aliphatic rings. The average Bonchev–Trinajstić information content (AvgIpc) is 3.65. The van der Waals surface area contributed by atoms with E-state index in [0.29, 0.717) is 24.5 Å². The molecule has 6 rings (SSSR count). The first-order chi connectivity index (χ1) is 19.5. The number of urea groups is 2. The van der Waals surface area contributed by atoms with Crippen LogP contribution >= 0.6 is 0 Å². The molecule has 2 unspecified atom stereocenters. The first-order valence-electron chi connectivity index (χ1n) is 12.8. The molecule has 6 heterocycles. The molecule has 0 radical (unpaired) electrons. The molecule has 0 saturated carbocycles. The Morgan fingerprint density at radius 2 is 1.20 bits per heavy atom. The minimum atomic E-state index is -4.86. The van der Waals surface area contributed by atoms with E-state index in [1.165, 1.54) is 9.80 Å². The lowest BCUT2D eigenvalue weighted by atomic mass is 10.2. The number of hydrogen-bond acceptors (Lipinski definition) is 12. The highest BCUT2D eigenvalue weighted by Crippen LogP contribution is 2.30. The summed E-state index contributed by atoms with van der Waals surface area (Å²) in [5.41, 5.74) is 2.77. The summed E-state index contributed by atoms with van der Waals surface area (Å²) < 4.78 is 39.2. The van der Waals surface area contributed by atoms with Crippen LogP contribution in [0.4, 0.5) is 9.59 Å². The van der Waals surface area contributed by atoms with Gasteiger partial charge in [0.25, 0.3) is 0 Å². The molecule has 220 valence electrons. The van der Waals surface area contributed by atoms with Gasteiger partial charge in [0.2, 0.25) is 0 Å². The SMILES string of the molecule is CN(C)Cc1cn(C2=CC3CN(C2)C(=O)N3OS(=O)(=O)ON2C(=O)N3CC(n4cc(CN(C)C)nn4)=CC2C3)nn1. The Hall–Kier alpha value is -3.91. The zero-order chi connectivity index (χ0) is 29.1. The summed E-state index contributed by atoms with van der Waals surface area (Å²) in [6.45, 7) is 1.99. The molecule has 2 aromatic rings. The smallest absolute Gasteiger partial charge is 0.314 e. The van der Waals surface area contributed by atoms with Crippen molar-refractivity contribution in [3.63, 3.8) is 0 Å². The largest absolute Gasteiger partial charge is 0.442 e. The zero-order valence-corrected chi connectivity index (χ0v) is 23.7. The fourth-order valence-corrected chi connectivity index (χ4v) is 5.89. The quantitative estimate of drug-likeness (QED) is 0.322. The van der Waals surface area contributed by atoms with Crippen molar-refractivity contribution in [2.24, 2.45) is 0 Å². The van der Waals surface area contributed by atoms with Gasteiger partial charge in [-0.15, -0.1) is 18.8 Å². The molecular formula is C22H30N12O6S. The van der Waals surface area contributed by atoms with Crippen molar-refractivity contribution in [2.75, 3.05) is 54.4 Å². The summed E-state index contributed by atoms with van der Waals surface area (Å²) in [5.74, 6) is 0. The van der Waals surface area contributed by atoms with Gasteiger partial charge in [-0.1, -0.05) is 10.4 Å². The van der Waals surface area contributed by atoms with Gasteiger partial charge in [-0.2, -0.15) is 18.5 Å². The van der Waals surface area contributed by atoms with Crippen LogP contribution in [0.3, 0.4) is 0 Å². The number of amides is 4. The summed E-state index contributed by atoms with van der Waals surface area (Å²) in [4.78, 5) is 32.7. The Morgan fingerprint density at radius 3 is 1.59 bits per heavy atom. The Labute approximate surface area is 235 Å². The van der Waals surface area contributed by atoms with Crippen molar-refractivity contribution in [2.45, 2.75) is 25.2 Å². The van der Waals surface area contributed by atoms with Crippen LogP contribution in [-0.2, 0) is 32.1 Å². The van der Waals surface area contributed by atoms with Gasteiger partial charge in [-0.25, -0.2) is 19.0 Å². The molecule has 0 aliphatic carbocycles. The molecule has 2 fully saturated rings. The van der Waals surface area contributed by atoms with Crippen LogP contribution in [0.5, 0.6) is 0 Å². The molecular weight excluding hydrogens is 560 g/mol. The van der Waals surface area contributed by atoms with Crippen molar-refractivity contribution < 1.29 is 26.6 Å². The van der Waals surface area contributed by atoms with E-state index >= 15 is 0 Å². The molecule has 0 N–H and O–H groups in total. The fraction of sp³-hybridized carbons (Fsp3) is 0.545. The number of fused-ring (bicyclic) bond motifs is 4.